The van der Waals surface area contributed by atoms with Gasteiger partial charge >= 0.3 is 0 Å². The second-order valence-electron chi connectivity index (χ2n) is 9.05. The van der Waals surface area contributed by atoms with Gasteiger partial charge in [0.05, 0.1) is 12.7 Å². The molecular weight excluding hydrogens is 501 g/mol. The molecule has 39 heavy (non-hydrogen) atoms. The monoisotopic (exact) mass is 535 g/mol. The van der Waals surface area contributed by atoms with Crippen molar-refractivity contribution in [2.45, 2.75) is 32.9 Å². The summed E-state index contributed by atoms with van der Waals surface area (Å²) in [6.45, 7) is 5.72. The fraction of sp³-hybridized carbons (Fsp3) is 0.276. The Morgan fingerprint density at radius 1 is 0.974 bits per heavy atom. The maximum atomic E-state index is 15.6. The van der Waals surface area contributed by atoms with E-state index < -0.39 is 23.7 Å². The molecule has 0 saturated heterocycles. The molecule has 0 heterocycles. The molecular formula is C29H34FN5O4. The summed E-state index contributed by atoms with van der Waals surface area (Å²) in [6.07, 6.45) is -0.228. The molecule has 0 fully saturated rings. The van der Waals surface area contributed by atoms with Gasteiger partial charge < -0.3 is 20.5 Å². The zero-order valence-corrected chi connectivity index (χ0v) is 22.7. The van der Waals surface area contributed by atoms with Crippen molar-refractivity contribution < 1.29 is 23.5 Å². The first-order valence-corrected chi connectivity index (χ1v) is 12.5. The number of amidine groups is 1. The molecule has 3 aromatic rings. The number of likely N-dealkylation sites (N-methyl/N-ethyl adjacent to an activating group) is 1. The Balaban J connectivity index is 2.04. The summed E-state index contributed by atoms with van der Waals surface area (Å²) in [5.41, 5.74) is 6.92. The van der Waals surface area contributed by atoms with Gasteiger partial charge in [0, 0.05) is 42.5 Å². The van der Waals surface area contributed by atoms with Crippen molar-refractivity contribution in [3.05, 3.63) is 89.2 Å². The number of ether oxygens (including phenoxy) is 2. The van der Waals surface area contributed by atoms with Gasteiger partial charge in [-0.1, -0.05) is 18.2 Å². The van der Waals surface area contributed by atoms with Crippen LogP contribution in [0.15, 0.2) is 66.7 Å². The Morgan fingerprint density at radius 3 is 2.18 bits per heavy atom. The number of carbonyl (C=O) groups excluding carboxylic acids is 2. The number of nitrogen functional groups attached to an aromatic ring is 1. The third-order valence-electron chi connectivity index (χ3n) is 5.87. The van der Waals surface area contributed by atoms with Crippen LogP contribution >= 0.6 is 0 Å². The molecule has 9 nitrogen and oxygen atoms in total. The molecule has 0 spiro atoms. The lowest BCUT2D eigenvalue weighted by Gasteiger charge is -2.32. The molecule has 0 aromatic heterocycles. The number of anilines is 1. The van der Waals surface area contributed by atoms with Crippen LogP contribution in [0.4, 0.5) is 10.1 Å². The van der Waals surface area contributed by atoms with Gasteiger partial charge in [0.15, 0.2) is 11.5 Å². The summed E-state index contributed by atoms with van der Waals surface area (Å²) in [5.74, 6) is -1.31. The van der Waals surface area contributed by atoms with Crippen LogP contribution in [0.1, 0.15) is 48.3 Å². The maximum absolute atomic E-state index is 15.6. The molecule has 2 amide bonds. The Kier molecular flexibility index (Phi) is 9.48. The van der Waals surface area contributed by atoms with E-state index in [-0.39, 0.29) is 29.0 Å². The summed E-state index contributed by atoms with van der Waals surface area (Å²) in [7, 11) is 2.90. The number of hydrazine groups is 1. The lowest BCUT2D eigenvalue weighted by Crippen LogP contribution is -2.48. The highest BCUT2D eigenvalue weighted by atomic mass is 19.1. The standard InChI is InChI=1S/C29H34FN5O4/c1-6-38-24-16-22(23(30)17-25(24)39-18(2)3)26(33-21-14-12-19(13-15-21)27(31)32)29(37)35(5)34(4)28(36)20-10-8-7-9-11-20/h7-18,26,33H,6H2,1-5H3,(H3,31,32). The second-order valence-corrected chi connectivity index (χ2v) is 9.05. The number of hydrogen-bond donors (Lipinski definition) is 3. The van der Waals surface area contributed by atoms with Crippen LogP contribution < -0.4 is 20.5 Å². The molecule has 0 saturated carbocycles. The molecule has 3 aromatic carbocycles. The highest BCUT2D eigenvalue weighted by Gasteiger charge is 2.32. The number of nitrogens with one attached hydrogen (secondary N) is 2. The molecule has 0 radical (unpaired) electrons. The first-order valence-electron chi connectivity index (χ1n) is 12.5. The van der Waals surface area contributed by atoms with Gasteiger partial charge in [0.1, 0.15) is 17.7 Å². The Bertz CT molecular complexity index is 1320. The largest absolute Gasteiger partial charge is 0.490 e. The average Bonchev–Trinajstić information content (AvgIpc) is 2.92. The van der Waals surface area contributed by atoms with Gasteiger partial charge in [0.2, 0.25) is 0 Å². The molecule has 0 aliphatic rings. The van der Waals surface area contributed by atoms with Crippen molar-refractivity contribution in [2.24, 2.45) is 5.73 Å². The van der Waals surface area contributed by atoms with Gasteiger partial charge in [-0.15, -0.1) is 0 Å². The minimum Gasteiger partial charge on any atom is -0.490 e. The van der Waals surface area contributed by atoms with Crippen LogP contribution in [0.25, 0.3) is 0 Å². The van der Waals surface area contributed by atoms with Gasteiger partial charge in [-0.3, -0.25) is 25.0 Å². The minimum atomic E-state index is -1.25. The zero-order valence-electron chi connectivity index (χ0n) is 22.7. The lowest BCUT2D eigenvalue weighted by atomic mass is 10.0. The molecule has 1 atom stereocenters. The summed E-state index contributed by atoms with van der Waals surface area (Å²) in [6, 6.07) is 16.4. The van der Waals surface area contributed by atoms with E-state index in [4.69, 9.17) is 20.6 Å². The average molecular weight is 536 g/mol. The van der Waals surface area contributed by atoms with E-state index in [2.05, 4.69) is 5.32 Å². The van der Waals surface area contributed by atoms with Crippen LogP contribution in [0.3, 0.4) is 0 Å². The predicted octanol–water partition coefficient (Wildman–Crippen LogP) is 4.59. The van der Waals surface area contributed by atoms with E-state index >= 15 is 4.39 Å². The summed E-state index contributed by atoms with van der Waals surface area (Å²) in [5, 5.41) is 13.0. The third-order valence-corrected chi connectivity index (χ3v) is 5.87. The Labute approximate surface area is 227 Å². The smallest absolute Gasteiger partial charge is 0.272 e. The minimum absolute atomic E-state index is 0.00242. The third kappa shape index (κ3) is 7.04. The summed E-state index contributed by atoms with van der Waals surface area (Å²) >= 11 is 0. The van der Waals surface area contributed by atoms with Crippen LogP contribution in [-0.2, 0) is 4.79 Å². The highest BCUT2D eigenvalue weighted by molar-refractivity contribution is 5.97. The predicted molar refractivity (Wildman–Crippen MR) is 148 cm³/mol. The van der Waals surface area contributed by atoms with Crippen LogP contribution in [0.2, 0.25) is 0 Å². The van der Waals surface area contributed by atoms with Crippen molar-refractivity contribution in [3.8, 4) is 11.5 Å². The Morgan fingerprint density at radius 2 is 1.62 bits per heavy atom. The summed E-state index contributed by atoms with van der Waals surface area (Å²) < 4.78 is 27.1. The number of rotatable bonds is 10. The van der Waals surface area contributed by atoms with E-state index in [1.807, 2.05) is 13.8 Å². The van der Waals surface area contributed by atoms with Crippen LogP contribution in [0.5, 0.6) is 11.5 Å². The number of nitrogens with two attached hydrogens (primary N) is 1. The normalized spacial score (nSPS) is 11.5. The van der Waals surface area contributed by atoms with Gasteiger partial charge in [0.25, 0.3) is 11.8 Å². The van der Waals surface area contributed by atoms with Gasteiger partial charge in [-0.2, -0.15) is 0 Å². The summed E-state index contributed by atoms with van der Waals surface area (Å²) in [4.78, 5) is 26.9. The van der Waals surface area contributed by atoms with Gasteiger partial charge in [-0.25, -0.2) is 4.39 Å². The van der Waals surface area contributed by atoms with E-state index in [0.29, 0.717) is 23.4 Å². The lowest BCUT2D eigenvalue weighted by molar-refractivity contribution is -0.141. The van der Waals surface area contributed by atoms with Crippen LogP contribution in [0, 0.1) is 11.2 Å². The molecule has 0 aliphatic heterocycles. The fourth-order valence-electron chi connectivity index (χ4n) is 3.81. The quantitative estimate of drug-likeness (QED) is 0.198. The molecule has 3 rings (SSSR count). The number of carbonyl (C=O) groups is 2. The SMILES string of the molecule is CCOc1cc(C(Nc2ccc(C(=N)N)cc2)C(=O)N(C)N(C)C(=O)c2ccccc2)c(F)cc1OC(C)C. The van der Waals surface area contributed by atoms with E-state index in [1.165, 1.54) is 31.2 Å². The fourth-order valence-corrected chi connectivity index (χ4v) is 3.81. The van der Waals surface area contributed by atoms with Crippen molar-refractivity contribution in [1.82, 2.24) is 10.0 Å². The Hall–Kier alpha value is -4.60. The van der Waals surface area contributed by atoms with Crippen LogP contribution in [-0.4, -0.2) is 54.5 Å². The van der Waals surface area contributed by atoms with Crippen molar-refractivity contribution in [2.75, 3.05) is 26.0 Å². The molecule has 1 unspecified atom stereocenters. The van der Waals surface area contributed by atoms with E-state index in [9.17, 15) is 9.59 Å². The number of amides is 2. The number of hydrogen-bond acceptors (Lipinski definition) is 6. The molecule has 10 heteroatoms. The van der Waals surface area contributed by atoms with E-state index in [0.717, 1.165) is 5.01 Å². The number of nitrogens with zero attached hydrogens (tertiary/aromatic N) is 2. The topological polar surface area (TPSA) is 121 Å². The highest BCUT2D eigenvalue weighted by Crippen LogP contribution is 2.35. The first-order chi connectivity index (χ1) is 18.5. The van der Waals surface area contributed by atoms with Crippen molar-refractivity contribution in [3.63, 3.8) is 0 Å². The molecule has 4 N–H and O–H groups in total. The van der Waals surface area contributed by atoms with E-state index in [1.54, 1.807) is 61.5 Å². The number of benzene rings is 3. The van der Waals surface area contributed by atoms with Crippen molar-refractivity contribution in [1.29, 1.82) is 5.41 Å². The van der Waals surface area contributed by atoms with Gasteiger partial charge in [-0.05, 0) is 63.2 Å². The zero-order chi connectivity index (χ0) is 28.7. The second kappa shape index (κ2) is 12.8. The molecule has 206 valence electrons. The van der Waals surface area contributed by atoms with Crippen molar-refractivity contribution >= 4 is 23.3 Å². The molecule has 0 bridgehead atoms. The number of halogens is 1. The maximum Gasteiger partial charge on any atom is 0.272 e. The first kappa shape index (κ1) is 29.0. The molecule has 0 aliphatic carbocycles.